The third-order valence-electron chi connectivity index (χ3n) is 4.85. The first kappa shape index (κ1) is 21.0. The monoisotopic (exact) mass is 449 g/mol. The fourth-order valence-electron chi connectivity index (χ4n) is 3.15. The summed E-state index contributed by atoms with van der Waals surface area (Å²) in [5, 5.41) is 0.382. The number of fused-ring (bicyclic) bond motifs is 1. The number of nitrogens with zero attached hydrogens (tertiary/aromatic N) is 4. The van der Waals surface area contributed by atoms with Gasteiger partial charge in [0.05, 0.1) is 25.9 Å². The molecule has 3 amide bonds. The number of hydrogen-bond donors (Lipinski definition) is 0. The van der Waals surface area contributed by atoms with Crippen molar-refractivity contribution >= 4 is 40.4 Å². The van der Waals surface area contributed by atoms with Crippen LogP contribution < -0.4 is 0 Å². The maximum absolute atomic E-state index is 12.8. The summed E-state index contributed by atoms with van der Waals surface area (Å²) in [6.07, 6.45) is -2.96. The van der Waals surface area contributed by atoms with Crippen molar-refractivity contribution in [2.75, 3.05) is 14.1 Å². The van der Waals surface area contributed by atoms with Crippen molar-refractivity contribution in [2.45, 2.75) is 11.9 Å². The Morgan fingerprint density at radius 3 is 2.48 bits per heavy atom. The zero-order valence-corrected chi connectivity index (χ0v) is 17.2. The molecule has 0 saturated heterocycles. The molecule has 31 heavy (non-hydrogen) atoms. The Hall–Kier alpha value is -3.21. The normalized spacial score (nSPS) is 19.4. The Labute approximate surface area is 179 Å². The first-order chi connectivity index (χ1) is 14.7. The number of hydrogen-bond acceptors (Lipinski definition) is 6. The van der Waals surface area contributed by atoms with Crippen LogP contribution in [-0.2, 0) is 16.7 Å². The summed E-state index contributed by atoms with van der Waals surface area (Å²) in [6.45, 7) is 0. The van der Waals surface area contributed by atoms with E-state index >= 15 is 0 Å². The summed E-state index contributed by atoms with van der Waals surface area (Å²) in [4.78, 5) is 35.0. The zero-order valence-electron chi connectivity index (χ0n) is 16.4. The highest BCUT2D eigenvalue weighted by molar-refractivity contribution is 8.13. The molecule has 0 bridgehead atoms. The maximum atomic E-state index is 12.8. The van der Waals surface area contributed by atoms with Crippen LogP contribution in [0.15, 0.2) is 57.1 Å². The lowest BCUT2D eigenvalue weighted by molar-refractivity contribution is -0.407. The Bertz CT molecular complexity index is 1140. The fraction of sp³-hybridized carbons (Fsp3) is 0.250. The number of carbonyl (C=O) groups is 2. The molecule has 0 N–H and O–H groups in total. The van der Waals surface area contributed by atoms with Crippen molar-refractivity contribution in [3.8, 4) is 0 Å². The van der Waals surface area contributed by atoms with Crippen LogP contribution in [0.1, 0.15) is 16.9 Å². The molecule has 0 radical (unpaired) electrons. The van der Waals surface area contributed by atoms with E-state index in [0.717, 1.165) is 17.0 Å². The van der Waals surface area contributed by atoms with Crippen molar-refractivity contribution in [3.05, 3.63) is 59.5 Å². The third kappa shape index (κ3) is 3.92. The van der Waals surface area contributed by atoms with Crippen LogP contribution in [0.4, 0.5) is 18.0 Å². The smallest absolute Gasteiger partial charge is 0.445 e. The van der Waals surface area contributed by atoms with Crippen LogP contribution in [-0.4, -0.2) is 52.2 Å². The van der Waals surface area contributed by atoms with Crippen molar-refractivity contribution in [3.63, 3.8) is 0 Å². The second kappa shape index (κ2) is 7.80. The highest BCUT2D eigenvalue weighted by atomic mass is 32.2. The number of alkyl halides is 3. The van der Waals surface area contributed by atoms with E-state index in [4.69, 9.17) is 4.42 Å². The summed E-state index contributed by atoms with van der Waals surface area (Å²) in [7, 11) is 2.89. The number of amidine groups is 2. The van der Waals surface area contributed by atoms with Gasteiger partial charge in [-0.2, -0.15) is 22.6 Å². The number of benzene rings is 1. The first-order valence-electron chi connectivity index (χ1n) is 9.09. The van der Waals surface area contributed by atoms with Gasteiger partial charge >= 0.3 is 18.1 Å². The van der Waals surface area contributed by atoms with Crippen LogP contribution in [0.5, 0.6) is 0 Å². The second-order valence-electron chi connectivity index (χ2n) is 6.88. The standard InChI is InChI=1S/C20H16F3N4O3S/c1-26-16-14(18(28)27(2)19(26)29)17(25-15(24-16)13-4-3-9-30-13)31-10-11-5-7-12(8-6-11)20(21,22)23/h3-9,14H,10H2,1-2H3/q+1. The van der Waals surface area contributed by atoms with Crippen LogP contribution in [0, 0.1) is 5.92 Å². The minimum absolute atomic E-state index is 0.211. The summed E-state index contributed by atoms with van der Waals surface area (Å²) in [6, 6.07) is 7.59. The van der Waals surface area contributed by atoms with Gasteiger partial charge in [0.2, 0.25) is 0 Å². The van der Waals surface area contributed by atoms with E-state index in [9.17, 15) is 22.8 Å². The van der Waals surface area contributed by atoms with Gasteiger partial charge in [0.15, 0.2) is 11.7 Å². The molecular weight excluding hydrogens is 433 g/mol. The Morgan fingerprint density at radius 2 is 1.87 bits per heavy atom. The van der Waals surface area contributed by atoms with Gasteiger partial charge in [-0.3, -0.25) is 4.79 Å². The number of imide groups is 1. The number of furan rings is 1. The number of thioether (sulfide) groups is 1. The van der Waals surface area contributed by atoms with Gasteiger partial charge in [0, 0.05) is 5.75 Å². The van der Waals surface area contributed by atoms with E-state index in [0.29, 0.717) is 16.4 Å². The van der Waals surface area contributed by atoms with E-state index in [1.807, 2.05) is 0 Å². The molecule has 7 nitrogen and oxygen atoms in total. The molecule has 1 unspecified atom stereocenters. The van der Waals surface area contributed by atoms with E-state index < -0.39 is 29.6 Å². The molecule has 2 aliphatic heterocycles. The van der Waals surface area contributed by atoms with Gasteiger partial charge in [-0.25, -0.2) is 9.79 Å². The molecule has 0 aliphatic carbocycles. The zero-order chi connectivity index (χ0) is 22.3. The third-order valence-corrected chi connectivity index (χ3v) is 5.95. The summed E-state index contributed by atoms with van der Waals surface area (Å²) in [5.74, 6) is -0.274. The van der Waals surface area contributed by atoms with E-state index in [1.54, 1.807) is 12.1 Å². The van der Waals surface area contributed by atoms with E-state index in [1.165, 1.54) is 48.8 Å². The van der Waals surface area contributed by atoms with Gasteiger partial charge in [-0.05, 0) is 29.8 Å². The Morgan fingerprint density at radius 1 is 1.16 bits per heavy atom. The van der Waals surface area contributed by atoms with Crippen molar-refractivity contribution < 1.29 is 31.8 Å². The molecular formula is C20H16F3N4O3S+. The molecule has 0 spiro atoms. The molecule has 1 atom stereocenters. The molecule has 0 fully saturated rings. The molecule has 1 aromatic carbocycles. The van der Waals surface area contributed by atoms with Gasteiger partial charge in [-0.15, -0.1) is 11.8 Å². The summed E-state index contributed by atoms with van der Waals surface area (Å²) in [5.41, 5.74) is -0.103. The molecule has 1 aromatic heterocycles. The molecule has 11 heteroatoms. The quantitative estimate of drug-likeness (QED) is 0.671. The lowest BCUT2D eigenvalue weighted by atomic mass is 10.0. The summed E-state index contributed by atoms with van der Waals surface area (Å²) < 4.78 is 45.0. The number of amides is 3. The van der Waals surface area contributed by atoms with E-state index in [-0.39, 0.29) is 17.4 Å². The average molecular weight is 449 g/mol. The largest absolute Gasteiger partial charge is 0.459 e. The molecule has 2 aromatic rings. The lowest BCUT2D eigenvalue weighted by Crippen LogP contribution is -2.54. The first-order valence-corrected chi connectivity index (χ1v) is 10.1. The summed E-state index contributed by atoms with van der Waals surface area (Å²) >= 11 is 1.20. The Balaban J connectivity index is 1.67. The van der Waals surface area contributed by atoms with Crippen molar-refractivity contribution in [1.29, 1.82) is 0 Å². The van der Waals surface area contributed by atoms with Crippen LogP contribution in [0.25, 0.3) is 0 Å². The highest BCUT2D eigenvalue weighted by Crippen LogP contribution is 2.31. The van der Waals surface area contributed by atoms with E-state index in [2.05, 4.69) is 9.98 Å². The molecule has 160 valence electrons. The minimum atomic E-state index is -4.41. The second-order valence-corrected chi connectivity index (χ2v) is 7.87. The van der Waals surface area contributed by atoms with Crippen LogP contribution in [0.2, 0.25) is 0 Å². The van der Waals surface area contributed by atoms with Crippen molar-refractivity contribution in [2.24, 2.45) is 15.9 Å². The van der Waals surface area contributed by atoms with Gasteiger partial charge < -0.3 is 4.42 Å². The number of urea groups is 1. The predicted octanol–water partition coefficient (Wildman–Crippen LogP) is 3.64. The van der Waals surface area contributed by atoms with Crippen LogP contribution >= 0.6 is 11.8 Å². The SMILES string of the molecule is CN1C(=O)C2C(SCc3ccc(C(F)(F)F)cc3)=NC(c3ccco3)=NC2=[N+](C)C1=O. The molecule has 2 aliphatic rings. The molecule has 4 rings (SSSR count). The maximum Gasteiger partial charge on any atom is 0.445 e. The lowest BCUT2D eigenvalue weighted by Gasteiger charge is -2.26. The average Bonchev–Trinajstić information content (AvgIpc) is 3.29. The number of carbonyl (C=O) groups excluding carboxylic acids is 2. The molecule has 3 heterocycles. The predicted molar refractivity (Wildman–Crippen MR) is 108 cm³/mol. The number of halogens is 3. The fourth-order valence-corrected chi connectivity index (χ4v) is 4.18. The highest BCUT2D eigenvalue weighted by Gasteiger charge is 2.49. The van der Waals surface area contributed by atoms with Gasteiger partial charge in [0.25, 0.3) is 11.7 Å². The van der Waals surface area contributed by atoms with Crippen molar-refractivity contribution in [1.82, 2.24) is 4.90 Å². The minimum Gasteiger partial charge on any atom is -0.459 e. The topological polar surface area (TPSA) is 78.2 Å². The number of aliphatic imine (C=N–C) groups is 2. The Kier molecular flexibility index (Phi) is 5.29. The van der Waals surface area contributed by atoms with Gasteiger partial charge in [0.1, 0.15) is 5.04 Å². The van der Waals surface area contributed by atoms with Gasteiger partial charge in [-0.1, -0.05) is 17.1 Å². The van der Waals surface area contributed by atoms with Crippen LogP contribution in [0.3, 0.4) is 0 Å². The molecule has 0 saturated carbocycles. The number of rotatable bonds is 3.